The first-order chi connectivity index (χ1) is 16.8. The summed E-state index contributed by atoms with van der Waals surface area (Å²) in [5, 5.41) is 2.87. The van der Waals surface area contributed by atoms with Gasteiger partial charge in [0.15, 0.2) is 0 Å². The largest absolute Gasteiger partial charge is 0.497 e. The quantitative estimate of drug-likeness (QED) is 0.462. The van der Waals surface area contributed by atoms with E-state index in [4.69, 9.17) is 4.74 Å². The Bertz CT molecular complexity index is 1160. The van der Waals surface area contributed by atoms with Crippen LogP contribution < -0.4 is 14.4 Å². The average molecular weight is 518 g/mol. The van der Waals surface area contributed by atoms with Crippen LogP contribution in [0.15, 0.2) is 42.5 Å². The second kappa shape index (κ2) is 12.8. The maximum absolute atomic E-state index is 13.4. The molecule has 36 heavy (non-hydrogen) atoms. The molecule has 8 nitrogen and oxygen atoms in total. The van der Waals surface area contributed by atoms with Crippen LogP contribution in [0.2, 0.25) is 0 Å². The van der Waals surface area contributed by atoms with Gasteiger partial charge in [0.05, 0.1) is 19.1 Å². The van der Waals surface area contributed by atoms with Crippen LogP contribution in [0.5, 0.6) is 5.75 Å². The lowest BCUT2D eigenvalue weighted by Crippen LogP contribution is -2.49. The van der Waals surface area contributed by atoms with E-state index in [1.165, 1.54) is 15.5 Å². The summed E-state index contributed by atoms with van der Waals surface area (Å²) in [5.41, 5.74) is 3.32. The van der Waals surface area contributed by atoms with Crippen molar-refractivity contribution in [2.75, 3.05) is 24.2 Å². The summed E-state index contributed by atoms with van der Waals surface area (Å²) in [7, 11) is -1.97. The third kappa shape index (κ3) is 7.98. The van der Waals surface area contributed by atoms with Gasteiger partial charge >= 0.3 is 0 Å². The number of benzene rings is 2. The zero-order valence-corrected chi connectivity index (χ0v) is 23.2. The second-order valence-corrected chi connectivity index (χ2v) is 11.3. The van der Waals surface area contributed by atoms with Gasteiger partial charge in [-0.2, -0.15) is 0 Å². The van der Waals surface area contributed by atoms with Crippen molar-refractivity contribution >= 4 is 27.5 Å². The molecule has 0 heterocycles. The Morgan fingerprint density at radius 1 is 1.06 bits per heavy atom. The van der Waals surface area contributed by atoms with Crippen LogP contribution in [0.3, 0.4) is 0 Å². The van der Waals surface area contributed by atoms with E-state index in [9.17, 15) is 18.0 Å². The van der Waals surface area contributed by atoms with E-state index in [0.717, 1.165) is 16.7 Å². The highest BCUT2D eigenvalue weighted by Gasteiger charge is 2.27. The van der Waals surface area contributed by atoms with Crippen molar-refractivity contribution in [2.45, 2.75) is 66.1 Å². The smallest absolute Gasteiger partial charge is 0.242 e. The molecule has 2 rings (SSSR count). The number of anilines is 1. The minimum atomic E-state index is -3.54. The second-order valence-electron chi connectivity index (χ2n) is 9.37. The number of sulfonamides is 1. The molecule has 0 spiro atoms. The number of hydrogen-bond donors (Lipinski definition) is 1. The maximum atomic E-state index is 13.4. The van der Waals surface area contributed by atoms with Crippen molar-refractivity contribution in [3.8, 4) is 5.75 Å². The topological polar surface area (TPSA) is 96.0 Å². The van der Waals surface area contributed by atoms with E-state index in [0.29, 0.717) is 17.9 Å². The van der Waals surface area contributed by atoms with Crippen LogP contribution in [0.25, 0.3) is 0 Å². The monoisotopic (exact) mass is 517 g/mol. The zero-order chi connectivity index (χ0) is 27.0. The summed E-state index contributed by atoms with van der Waals surface area (Å²) < 4.78 is 31.8. The molecule has 0 aliphatic heterocycles. The molecule has 0 aliphatic rings. The summed E-state index contributed by atoms with van der Waals surface area (Å²) in [6, 6.07) is 12.1. The van der Waals surface area contributed by atoms with Gasteiger partial charge in [-0.25, -0.2) is 8.42 Å². The maximum Gasteiger partial charge on any atom is 0.242 e. The van der Waals surface area contributed by atoms with E-state index in [1.54, 1.807) is 20.1 Å². The molecule has 2 aromatic carbocycles. The molecule has 9 heteroatoms. The van der Waals surface area contributed by atoms with Gasteiger partial charge in [-0.3, -0.25) is 13.9 Å². The minimum absolute atomic E-state index is 0.0605. The summed E-state index contributed by atoms with van der Waals surface area (Å²) in [6.45, 7) is 9.65. The Labute approximate surface area is 215 Å². The molecule has 0 saturated carbocycles. The first-order valence-electron chi connectivity index (χ1n) is 12.1. The van der Waals surface area contributed by atoms with Crippen molar-refractivity contribution in [1.82, 2.24) is 10.2 Å². The summed E-state index contributed by atoms with van der Waals surface area (Å²) >= 11 is 0. The summed E-state index contributed by atoms with van der Waals surface area (Å²) in [4.78, 5) is 27.7. The first kappa shape index (κ1) is 29.2. The number of amides is 2. The molecule has 0 aromatic heterocycles. The highest BCUT2D eigenvalue weighted by Crippen LogP contribution is 2.25. The number of carbonyl (C=O) groups excluding carboxylic acids is 2. The predicted molar refractivity (Wildman–Crippen MR) is 144 cm³/mol. The van der Waals surface area contributed by atoms with Crippen molar-refractivity contribution < 1.29 is 22.7 Å². The van der Waals surface area contributed by atoms with Crippen molar-refractivity contribution in [3.63, 3.8) is 0 Å². The predicted octanol–water partition coefficient (Wildman–Crippen LogP) is 3.80. The Kier molecular flexibility index (Phi) is 10.3. The Balaban J connectivity index is 2.22. The van der Waals surface area contributed by atoms with Crippen LogP contribution in [0.4, 0.5) is 5.69 Å². The third-order valence-electron chi connectivity index (χ3n) is 6.08. The van der Waals surface area contributed by atoms with Gasteiger partial charge in [0.25, 0.3) is 0 Å². The number of hydrogen-bond acceptors (Lipinski definition) is 5. The molecule has 0 saturated heterocycles. The van der Waals surface area contributed by atoms with Gasteiger partial charge in [-0.15, -0.1) is 0 Å². The highest BCUT2D eigenvalue weighted by atomic mass is 32.2. The fourth-order valence-corrected chi connectivity index (χ4v) is 4.96. The van der Waals surface area contributed by atoms with Crippen LogP contribution >= 0.6 is 0 Å². The number of aryl methyl sites for hydroxylation is 1. The van der Waals surface area contributed by atoms with E-state index in [1.807, 2.05) is 64.1 Å². The summed E-state index contributed by atoms with van der Waals surface area (Å²) in [5.74, 6) is 0.199. The molecule has 2 aromatic rings. The van der Waals surface area contributed by atoms with Gasteiger partial charge in [0.1, 0.15) is 11.8 Å². The van der Waals surface area contributed by atoms with Gasteiger partial charge in [0.2, 0.25) is 21.8 Å². The van der Waals surface area contributed by atoms with Gasteiger partial charge in [-0.1, -0.05) is 24.3 Å². The Hall–Kier alpha value is -3.07. The molecule has 2 amide bonds. The van der Waals surface area contributed by atoms with Crippen molar-refractivity contribution in [2.24, 2.45) is 0 Å². The SMILES string of the molecule is COc1cccc(CN(C(=O)CCCN(c2cccc(C)c2C)S(C)(=O)=O)[C@@H](C)C(=O)NC(C)C)c1. The fourth-order valence-electron chi connectivity index (χ4n) is 3.94. The van der Waals surface area contributed by atoms with Crippen LogP contribution in [-0.2, 0) is 26.2 Å². The zero-order valence-electron chi connectivity index (χ0n) is 22.4. The molecule has 1 atom stereocenters. The van der Waals surface area contributed by atoms with E-state index in [2.05, 4.69) is 5.32 Å². The van der Waals surface area contributed by atoms with Crippen molar-refractivity contribution in [3.05, 3.63) is 59.2 Å². The van der Waals surface area contributed by atoms with Crippen LogP contribution in [-0.4, -0.2) is 57.1 Å². The first-order valence-corrected chi connectivity index (χ1v) is 14.0. The standard InChI is InChI=1S/C27H39N3O5S/c1-19(2)28-27(32)22(5)29(18-23-12-9-13-24(17-23)35-6)26(31)15-10-16-30(36(7,33)34)25-14-8-11-20(3)21(25)4/h8-9,11-14,17,19,22H,10,15-16,18H2,1-7H3,(H,28,32)/t22-/m0/s1. The lowest BCUT2D eigenvalue weighted by Gasteiger charge is -2.30. The number of carbonyl (C=O) groups is 2. The lowest BCUT2D eigenvalue weighted by atomic mass is 10.1. The van der Waals surface area contributed by atoms with E-state index < -0.39 is 16.1 Å². The van der Waals surface area contributed by atoms with Crippen LogP contribution in [0, 0.1) is 13.8 Å². The molecule has 0 radical (unpaired) electrons. The molecular weight excluding hydrogens is 478 g/mol. The van der Waals surface area contributed by atoms with Gasteiger partial charge in [-0.05, 0) is 75.9 Å². The highest BCUT2D eigenvalue weighted by molar-refractivity contribution is 7.92. The number of rotatable bonds is 12. The molecule has 0 fully saturated rings. The Morgan fingerprint density at radius 3 is 2.33 bits per heavy atom. The van der Waals surface area contributed by atoms with E-state index in [-0.39, 0.29) is 37.4 Å². The minimum Gasteiger partial charge on any atom is -0.497 e. The number of nitrogens with one attached hydrogen (secondary N) is 1. The molecule has 0 bridgehead atoms. The fraction of sp³-hybridized carbons (Fsp3) is 0.481. The number of nitrogens with zero attached hydrogens (tertiary/aromatic N) is 2. The number of methoxy groups -OCH3 is 1. The molecule has 0 aliphatic carbocycles. The Morgan fingerprint density at radius 2 is 1.72 bits per heavy atom. The molecular formula is C27H39N3O5S. The van der Waals surface area contributed by atoms with Crippen molar-refractivity contribution in [1.29, 1.82) is 0 Å². The average Bonchev–Trinajstić information content (AvgIpc) is 2.80. The number of ether oxygens (including phenoxy) is 1. The molecule has 1 N–H and O–H groups in total. The lowest BCUT2D eigenvalue weighted by molar-refractivity contribution is -0.140. The molecule has 198 valence electrons. The van der Waals surface area contributed by atoms with Gasteiger partial charge < -0.3 is 15.0 Å². The van der Waals surface area contributed by atoms with Gasteiger partial charge in [0, 0.05) is 25.6 Å². The third-order valence-corrected chi connectivity index (χ3v) is 7.26. The summed E-state index contributed by atoms with van der Waals surface area (Å²) in [6.07, 6.45) is 1.58. The normalized spacial score (nSPS) is 12.2. The van der Waals surface area contributed by atoms with E-state index >= 15 is 0 Å². The molecule has 0 unspecified atom stereocenters. The van der Waals surface area contributed by atoms with Crippen LogP contribution in [0.1, 0.15) is 50.3 Å².